The van der Waals surface area contributed by atoms with Gasteiger partial charge >= 0.3 is 12.3 Å². The van der Waals surface area contributed by atoms with Crippen molar-refractivity contribution in [2.24, 2.45) is 5.92 Å². The standard InChI is InChI=1S/C18H23F3N2O4/c1-2-26-17(25)23-9-7-14(8-10-23)16(24)22-11-13-3-5-15(6-4-13)27-12-18(19,20)21/h3-6,14H,2,7-12H2,1H3,(H,22,24). The van der Waals surface area contributed by atoms with E-state index in [2.05, 4.69) is 10.1 Å². The van der Waals surface area contributed by atoms with Crippen molar-refractivity contribution in [3.63, 3.8) is 0 Å². The molecule has 0 unspecified atom stereocenters. The smallest absolute Gasteiger partial charge is 0.422 e. The summed E-state index contributed by atoms with van der Waals surface area (Å²) in [5.41, 5.74) is 0.756. The van der Waals surface area contributed by atoms with Gasteiger partial charge in [0, 0.05) is 25.6 Å². The van der Waals surface area contributed by atoms with Crippen LogP contribution in [0.4, 0.5) is 18.0 Å². The number of rotatable bonds is 6. The topological polar surface area (TPSA) is 67.9 Å². The van der Waals surface area contributed by atoms with Gasteiger partial charge in [0.2, 0.25) is 5.91 Å². The van der Waals surface area contributed by atoms with Crippen LogP contribution in [-0.2, 0) is 16.1 Å². The Hall–Kier alpha value is -2.45. The Morgan fingerprint density at radius 2 is 1.81 bits per heavy atom. The fraction of sp³-hybridized carbons (Fsp3) is 0.556. The zero-order valence-electron chi connectivity index (χ0n) is 15.1. The number of amides is 2. The zero-order valence-corrected chi connectivity index (χ0v) is 15.1. The minimum Gasteiger partial charge on any atom is -0.484 e. The van der Waals surface area contributed by atoms with Crippen LogP contribution in [0.2, 0.25) is 0 Å². The molecule has 9 heteroatoms. The first-order valence-electron chi connectivity index (χ1n) is 8.76. The Morgan fingerprint density at radius 1 is 1.19 bits per heavy atom. The molecule has 150 valence electrons. The van der Waals surface area contributed by atoms with Gasteiger partial charge < -0.3 is 19.7 Å². The van der Waals surface area contributed by atoms with E-state index in [0.29, 0.717) is 32.5 Å². The van der Waals surface area contributed by atoms with Crippen LogP contribution in [-0.4, -0.2) is 49.4 Å². The lowest BCUT2D eigenvalue weighted by Crippen LogP contribution is -2.43. The van der Waals surface area contributed by atoms with Crippen molar-refractivity contribution >= 4 is 12.0 Å². The highest BCUT2D eigenvalue weighted by Crippen LogP contribution is 2.20. The van der Waals surface area contributed by atoms with Crippen molar-refractivity contribution in [3.8, 4) is 5.75 Å². The molecule has 6 nitrogen and oxygen atoms in total. The predicted molar refractivity (Wildman–Crippen MR) is 91.2 cm³/mol. The van der Waals surface area contributed by atoms with Crippen LogP contribution in [0.5, 0.6) is 5.75 Å². The summed E-state index contributed by atoms with van der Waals surface area (Å²) in [6.07, 6.45) is -3.61. The molecule has 1 aromatic carbocycles. The molecule has 0 aromatic heterocycles. The molecule has 0 bridgehead atoms. The first-order valence-corrected chi connectivity index (χ1v) is 8.76. The Balaban J connectivity index is 1.73. The molecular weight excluding hydrogens is 365 g/mol. The van der Waals surface area contributed by atoms with Gasteiger partial charge in [-0.25, -0.2) is 4.79 Å². The molecule has 0 radical (unpaired) electrons. The normalized spacial score (nSPS) is 15.3. The summed E-state index contributed by atoms with van der Waals surface area (Å²) in [7, 11) is 0. The first-order chi connectivity index (χ1) is 12.8. The molecule has 1 saturated heterocycles. The monoisotopic (exact) mass is 388 g/mol. The Kier molecular flexibility index (Phi) is 7.32. The van der Waals surface area contributed by atoms with Crippen LogP contribution >= 0.6 is 0 Å². The number of hydrogen-bond donors (Lipinski definition) is 1. The number of nitrogens with zero attached hydrogens (tertiary/aromatic N) is 1. The molecule has 0 aliphatic carbocycles. The number of alkyl halides is 3. The molecule has 1 aromatic rings. The summed E-state index contributed by atoms with van der Waals surface area (Å²) in [6.45, 7) is 1.95. The van der Waals surface area contributed by atoms with Gasteiger partial charge in [0.05, 0.1) is 6.61 Å². The molecule has 2 rings (SSSR count). The van der Waals surface area contributed by atoms with E-state index in [0.717, 1.165) is 5.56 Å². The maximum atomic E-state index is 12.3. The van der Waals surface area contributed by atoms with Crippen molar-refractivity contribution in [3.05, 3.63) is 29.8 Å². The van der Waals surface area contributed by atoms with Crippen LogP contribution in [0, 0.1) is 5.92 Å². The summed E-state index contributed by atoms with van der Waals surface area (Å²) in [6, 6.07) is 6.08. The molecule has 1 fully saturated rings. The third-order valence-electron chi connectivity index (χ3n) is 4.18. The minimum absolute atomic E-state index is 0.101. The van der Waals surface area contributed by atoms with Crippen LogP contribution in [0.15, 0.2) is 24.3 Å². The molecule has 0 saturated carbocycles. The van der Waals surface area contributed by atoms with Crippen LogP contribution in [0.3, 0.4) is 0 Å². The van der Waals surface area contributed by atoms with Crippen molar-refractivity contribution in [2.75, 3.05) is 26.3 Å². The number of likely N-dealkylation sites (tertiary alicyclic amines) is 1. The third-order valence-corrected chi connectivity index (χ3v) is 4.18. The van der Waals surface area contributed by atoms with E-state index in [-0.39, 0.29) is 30.2 Å². The number of halogens is 3. The summed E-state index contributed by atoms with van der Waals surface area (Å²) in [5.74, 6) is -0.158. The van der Waals surface area contributed by atoms with Crippen LogP contribution < -0.4 is 10.1 Å². The molecule has 2 amide bonds. The number of carbonyl (C=O) groups excluding carboxylic acids is 2. The number of ether oxygens (including phenoxy) is 2. The first kappa shape index (κ1) is 20.9. The van der Waals surface area contributed by atoms with Crippen molar-refractivity contribution in [2.45, 2.75) is 32.5 Å². The van der Waals surface area contributed by atoms with E-state index in [1.165, 1.54) is 12.1 Å². The average molecular weight is 388 g/mol. The largest absolute Gasteiger partial charge is 0.484 e. The van der Waals surface area contributed by atoms with E-state index < -0.39 is 12.8 Å². The van der Waals surface area contributed by atoms with E-state index in [4.69, 9.17) is 4.74 Å². The number of benzene rings is 1. The molecule has 0 atom stereocenters. The number of piperidine rings is 1. The lowest BCUT2D eigenvalue weighted by molar-refractivity contribution is -0.153. The molecule has 27 heavy (non-hydrogen) atoms. The zero-order chi connectivity index (χ0) is 19.9. The van der Waals surface area contributed by atoms with Crippen molar-refractivity contribution in [1.29, 1.82) is 0 Å². The van der Waals surface area contributed by atoms with Gasteiger partial charge in [0.1, 0.15) is 5.75 Å². The van der Waals surface area contributed by atoms with Crippen LogP contribution in [0.25, 0.3) is 0 Å². The fourth-order valence-electron chi connectivity index (χ4n) is 2.74. The highest BCUT2D eigenvalue weighted by atomic mass is 19.4. The van der Waals surface area contributed by atoms with Gasteiger partial charge in [-0.05, 0) is 37.5 Å². The molecule has 1 heterocycles. The predicted octanol–water partition coefficient (Wildman–Crippen LogP) is 3.11. The Morgan fingerprint density at radius 3 is 2.37 bits per heavy atom. The number of carbonyl (C=O) groups is 2. The second kappa shape index (κ2) is 9.48. The molecule has 1 aliphatic heterocycles. The lowest BCUT2D eigenvalue weighted by atomic mass is 9.96. The van der Waals surface area contributed by atoms with E-state index in [1.807, 2.05) is 0 Å². The lowest BCUT2D eigenvalue weighted by Gasteiger charge is -2.30. The Labute approximate surface area is 155 Å². The van der Waals surface area contributed by atoms with Gasteiger partial charge in [-0.1, -0.05) is 12.1 Å². The molecule has 1 aliphatic rings. The second-order valence-electron chi connectivity index (χ2n) is 6.23. The van der Waals surface area contributed by atoms with Gasteiger partial charge in [0.25, 0.3) is 0 Å². The summed E-state index contributed by atoms with van der Waals surface area (Å²) in [4.78, 5) is 25.5. The quantitative estimate of drug-likeness (QED) is 0.813. The van der Waals surface area contributed by atoms with Gasteiger partial charge in [-0.15, -0.1) is 0 Å². The van der Waals surface area contributed by atoms with Crippen molar-refractivity contribution < 1.29 is 32.2 Å². The fourth-order valence-corrected chi connectivity index (χ4v) is 2.74. The highest BCUT2D eigenvalue weighted by molar-refractivity contribution is 5.79. The Bertz CT molecular complexity index is 626. The number of hydrogen-bond acceptors (Lipinski definition) is 4. The van der Waals surface area contributed by atoms with Crippen molar-refractivity contribution in [1.82, 2.24) is 10.2 Å². The van der Waals surface area contributed by atoms with E-state index in [1.54, 1.807) is 24.0 Å². The maximum absolute atomic E-state index is 12.3. The average Bonchev–Trinajstić information content (AvgIpc) is 2.65. The summed E-state index contributed by atoms with van der Waals surface area (Å²) < 4.78 is 45.9. The summed E-state index contributed by atoms with van der Waals surface area (Å²) in [5, 5.41) is 2.82. The molecule has 0 spiro atoms. The van der Waals surface area contributed by atoms with Gasteiger partial charge in [-0.3, -0.25) is 4.79 Å². The third kappa shape index (κ3) is 6.99. The second-order valence-corrected chi connectivity index (χ2v) is 6.23. The minimum atomic E-state index is -4.38. The maximum Gasteiger partial charge on any atom is 0.422 e. The molecular formula is C18H23F3N2O4. The van der Waals surface area contributed by atoms with E-state index in [9.17, 15) is 22.8 Å². The molecule has 1 N–H and O–H groups in total. The highest BCUT2D eigenvalue weighted by Gasteiger charge is 2.29. The van der Waals surface area contributed by atoms with E-state index >= 15 is 0 Å². The van der Waals surface area contributed by atoms with Crippen LogP contribution in [0.1, 0.15) is 25.3 Å². The van der Waals surface area contributed by atoms with Gasteiger partial charge in [0.15, 0.2) is 6.61 Å². The SMILES string of the molecule is CCOC(=O)N1CCC(C(=O)NCc2ccc(OCC(F)(F)F)cc2)CC1. The summed E-state index contributed by atoms with van der Waals surface area (Å²) >= 11 is 0. The van der Waals surface area contributed by atoms with Gasteiger partial charge in [-0.2, -0.15) is 13.2 Å². The number of nitrogens with one attached hydrogen (secondary N) is 1.